The molecule has 0 aliphatic rings. The summed E-state index contributed by atoms with van der Waals surface area (Å²) in [5, 5.41) is 3.50. The zero-order valence-electron chi connectivity index (χ0n) is 12.8. The lowest BCUT2D eigenvalue weighted by atomic mass is 9.92. The largest absolute Gasteiger partial charge is 0.310 e. The number of halogens is 1. The van der Waals surface area contributed by atoms with Crippen molar-refractivity contribution >= 4 is 0 Å². The van der Waals surface area contributed by atoms with Crippen LogP contribution in [0.25, 0.3) is 0 Å². The van der Waals surface area contributed by atoms with Crippen LogP contribution in [0.4, 0.5) is 4.39 Å². The normalized spacial score (nSPS) is 14.4. The van der Waals surface area contributed by atoms with E-state index in [2.05, 4.69) is 26.1 Å². The first-order valence-corrected chi connectivity index (χ1v) is 7.57. The van der Waals surface area contributed by atoms with Gasteiger partial charge in [0.2, 0.25) is 0 Å². The lowest BCUT2D eigenvalue weighted by Crippen LogP contribution is -2.25. The van der Waals surface area contributed by atoms with Gasteiger partial charge in [-0.2, -0.15) is 0 Å². The number of hydrogen-bond acceptors (Lipinski definition) is 1. The molecule has 0 saturated heterocycles. The fourth-order valence-electron chi connectivity index (χ4n) is 2.57. The summed E-state index contributed by atoms with van der Waals surface area (Å²) < 4.78 is 14.1. The Hall–Kier alpha value is -0.890. The summed E-state index contributed by atoms with van der Waals surface area (Å²) in [7, 11) is 0. The maximum Gasteiger partial charge on any atom is 0.128 e. The molecule has 0 radical (unpaired) electrons. The van der Waals surface area contributed by atoms with Crippen LogP contribution in [0.1, 0.15) is 63.6 Å². The van der Waals surface area contributed by atoms with E-state index < -0.39 is 0 Å². The summed E-state index contributed by atoms with van der Waals surface area (Å²) in [6, 6.07) is 5.72. The van der Waals surface area contributed by atoms with Crippen LogP contribution in [0.2, 0.25) is 0 Å². The molecule has 1 nitrogen and oxygen atoms in total. The molecule has 0 fully saturated rings. The van der Waals surface area contributed by atoms with Crippen molar-refractivity contribution in [2.24, 2.45) is 5.92 Å². The number of nitrogens with one attached hydrogen (secondary N) is 1. The molecule has 1 rings (SSSR count). The van der Waals surface area contributed by atoms with Crippen LogP contribution in [0, 0.1) is 18.7 Å². The van der Waals surface area contributed by atoms with E-state index in [4.69, 9.17) is 0 Å². The van der Waals surface area contributed by atoms with Crippen molar-refractivity contribution in [3.8, 4) is 0 Å². The molecule has 0 aliphatic heterocycles. The quantitative estimate of drug-likeness (QED) is 0.697. The third kappa shape index (κ3) is 5.32. The fourth-order valence-corrected chi connectivity index (χ4v) is 2.57. The second kappa shape index (κ2) is 8.31. The van der Waals surface area contributed by atoms with Crippen LogP contribution in [0.5, 0.6) is 0 Å². The van der Waals surface area contributed by atoms with Crippen molar-refractivity contribution in [2.75, 3.05) is 6.54 Å². The van der Waals surface area contributed by atoms with Gasteiger partial charge in [0.25, 0.3) is 0 Å². The van der Waals surface area contributed by atoms with Crippen molar-refractivity contribution in [1.82, 2.24) is 5.32 Å². The van der Waals surface area contributed by atoms with E-state index in [1.165, 1.54) is 12.8 Å². The Morgan fingerprint density at radius 1 is 1.21 bits per heavy atom. The van der Waals surface area contributed by atoms with Gasteiger partial charge >= 0.3 is 0 Å². The van der Waals surface area contributed by atoms with Gasteiger partial charge in [-0.1, -0.05) is 45.7 Å². The first-order chi connectivity index (χ1) is 9.08. The highest BCUT2D eigenvalue weighted by molar-refractivity contribution is 5.26. The molecule has 0 heterocycles. The van der Waals surface area contributed by atoms with E-state index in [0.29, 0.717) is 5.92 Å². The zero-order chi connectivity index (χ0) is 14.3. The van der Waals surface area contributed by atoms with Crippen molar-refractivity contribution in [2.45, 2.75) is 59.4 Å². The van der Waals surface area contributed by atoms with Gasteiger partial charge in [-0.25, -0.2) is 4.39 Å². The lowest BCUT2D eigenvalue weighted by Gasteiger charge is -2.23. The van der Waals surface area contributed by atoms with Gasteiger partial charge in [-0.05, 0) is 43.9 Å². The predicted molar refractivity (Wildman–Crippen MR) is 80.9 cm³/mol. The van der Waals surface area contributed by atoms with E-state index in [-0.39, 0.29) is 11.9 Å². The minimum absolute atomic E-state index is 0.0719. The molecule has 2 atom stereocenters. The van der Waals surface area contributed by atoms with Gasteiger partial charge < -0.3 is 5.32 Å². The van der Waals surface area contributed by atoms with Gasteiger partial charge in [0.05, 0.1) is 0 Å². The zero-order valence-corrected chi connectivity index (χ0v) is 12.8. The second-order valence-electron chi connectivity index (χ2n) is 5.66. The predicted octanol–water partition coefficient (Wildman–Crippen LogP) is 5.00. The fraction of sp³-hybridized carbons (Fsp3) is 0.647. The van der Waals surface area contributed by atoms with Crippen LogP contribution in [-0.2, 0) is 0 Å². The molecule has 0 saturated carbocycles. The van der Waals surface area contributed by atoms with Crippen molar-refractivity contribution in [3.63, 3.8) is 0 Å². The lowest BCUT2D eigenvalue weighted by molar-refractivity contribution is 0.381. The smallest absolute Gasteiger partial charge is 0.128 e. The molecular weight excluding hydrogens is 237 g/mol. The SMILES string of the molecule is CCCNC(CC(C)CCC)c1ccc(C)cc1F. The molecule has 2 unspecified atom stereocenters. The first kappa shape index (κ1) is 16.2. The van der Waals surface area contributed by atoms with Crippen LogP contribution < -0.4 is 5.32 Å². The third-order valence-corrected chi connectivity index (χ3v) is 3.59. The molecular formula is C17H28FN. The standard InChI is InChI=1S/C17H28FN/c1-5-7-13(3)12-17(19-10-6-2)15-9-8-14(4)11-16(15)18/h8-9,11,13,17,19H,5-7,10,12H2,1-4H3. The van der Waals surface area contributed by atoms with Crippen LogP contribution in [-0.4, -0.2) is 6.54 Å². The minimum atomic E-state index is -0.0719. The average molecular weight is 265 g/mol. The summed E-state index contributed by atoms with van der Waals surface area (Å²) in [5.41, 5.74) is 1.80. The molecule has 0 bridgehead atoms. The highest BCUT2D eigenvalue weighted by Gasteiger charge is 2.17. The average Bonchev–Trinajstić information content (AvgIpc) is 2.35. The summed E-state index contributed by atoms with van der Waals surface area (Å²) >= 11 is 0. The molecule has 0 spiro atoms. The monoisotopic (exact) mass is 265 g/mol. The Morgan fingerprint density at radius 3 is 2.53 bits per heavy atom. The molecule has 1 aromatic carbocycles. The first-order valence-electron chi connectivity index (χ1n) is 7.57. The third-order valence-electron chi connectivity index (χ3n) is 3.59. The molecule has 108 valence electrons. The molecule has 0 aliphatic carbocycles. The van der Waals surface area contributed by atoms with Gasteiger partial charge in [0.15, 0.2) is 0 Å². The molecule has 19 heavy (non-hydrogen) atoms. The van der Waals surface area contributed by atoms with Crippen molar-refractivity contribution < 1.29 is 4.39 Å². The number of rotatable bonds is 8. The van der Waals surface area contributed by atoms with Gasteiger partial charge in [-0.15, -0.1) is 0 Å². The highest BCUT2D eigenvalue weighted by Crippen LogP contribution is 2.26. The Morgan fingerprint density at radius 2 is 1.95 bits per heavy atom. The summed E-state index contributed by atoms with van der Waals surface area (Å²) in [5.74, 6) is 0.553. The summed E-state index contributed by atoms with van der Waals surface area (Å²) in [4.78, 5) is 0. The van der Waals surface area contributed by atoms with Gasteiger partial charge in [-0.3, -0.25) is 0 Å². The number of hydrogen-bond donors (Lipinski definition) is 1. The summed E-state index contributed by atoms with van der Waals surface area (Å²) in [6.45, 7) is 9.48. The molecule has 0 amide bonds. The van der Waals surface area contributed by atoms with Gasteiger partial charge in [0, 0.05) is 11.6 Å². The van der Waals surface area contributed by atoms with Crippen LogP contribution >= 0.6 is 0 Å². The van der Waals surface area contributed by atoms with Crippen LogP contribution in [0.15, 0.2) is 18.2 Å². The number of benzene rings is 1. The van der Waals surface area contributed by atoms with E-state index >= 15 is 0 Å². The Bertz CT molecular complexity index is 376. The molecule has 0 aromatic heterocycles. The Balaban J connectivity index is 2.82. The van der Waals surface area contributed by atoms with Gasteiger partial charge in [0.1, 0.15) is 5.82 Å². The van der Waals surface area contributed by atoms with E-state index in [1.54, 1.807) is 6.07 Å². The Labute approximate surface area is 117 Å². The second-order valence-corrected chi connectivity index (χ2v) is 5.66. The molecule has 1 N–H and O–H groups in total. The molecule has 1 aromatic rings. The van der Waals surface area contributed by atoms with E-state index in [9.17, 15) is 4.39 Å². The topological polar surface area (TPSA) is 12.0 Å². The Kier molecular flexibility index (Phi) is 7.07. The van der Waals surface area contributed by atoms with Crippen molar-refractivity contribution in [3.05, 3.63) is 35.1 Å². The van der Waals surface area contributed by atoms with Crippen molar-refractivity contribution in [1.29, 1.82) is 0 Å². The number of aryl methyl sites for hydroxylation is 1. The van der Waals surface area contributed by atoms with E-state index in [0.717, 1.165) is 30.5 Å². The summed E-state index contributed by atoms with van der Waals surface area (Å²) in [6.07, 6.45) is 4.48. The minimum Gasteiger partial charge on any atom is -0.310 e. The van der Waals surface area contributed by atoms with E-state index in [1.807, 2.05) is 19.1 Å². The maximum atomic E-state index is 14.1. The molecule has 2 heteroatoms. The van der Waals surface area contributed by atoms with Crippen LogP contribution in [0.3, 0.4) is 0 Å². The maximum absolute atomic E-state index is 14.1. The highest BCUT2D eigenvalue weighted by atomic mass is 19.1.